The van der Waals surface area contributed by atoms with Gasteiger partial charge in [0.15, 0.2) is 5.60 Å². The molecule has 0 saturated carbocycles. The van der Waals surface area contributed by atoms with Crippen molar-refractivity contribution in [1.29, 1.82) is 0 Å². The average Bonchev–Trinajstić information content (AvgIpc) is 2.38. The van der Waals surface area contributed by atoms with Crippen LogP contribution in [0.3, 0.4) is 0 Å². The molecule has 98 valence electrons. The largest absolute Gasteiger partial charge is 0.546 e. The molecule has 0 bridgehead atoms. The molecule has 0 amide bonds. The van der Waals surface area contributed by atoms with E-state index in [4.69, 9.17) is 23.2 Å². The van der Waals surface area contributed by atoms with Gasteiger partial charge < -0.3 is 15.0 Å². The number of rotatable bonds is 3. The molecule has 2 aromatic rings. The first kappa shape index (κ1) is 13.9. The van der Waals surface area contributed by atoms with Crippen molar-refractivity contribution < 1.29 is 15.0 Å². The van der Waals surface area contributed by atoms with Gasteiger partial charge in [-0.25, -0.2) is 0 Å². The van der Waals surface area contributed by atoms with E-state index < -0.39 is 11.6 Å². The van der Waals surface area contributed by atoms with Gasteiger partial charge in [0.2, 0.25) is 0 Å². The SMILES string of the molecule is O=C([O-])C(O)(c1ccccc1Cl)c1ccccc1Cl. The van der Waals surface area contributed by atoms with Gasteiger partial charge in [-0.2, -0.15) is 0 Å². The van der Waals surface area contributed by atoms with Crippen LogP contribution < -0.4 is 5.11 Å². The van der Waals surface area contributed by atoms with E-state index in [0.717, 1.165) is 0 Å². The summed E-state index contributed by atoms with van der Waals surface area (Å²) in [5.41, 5.74) is -2.36. The van der Waals surface area contributed by atoms with Crippen LogP contribution in [0.1, 0.15) is 11.1 Å². The van der Waals surface area contributed by atoms with Crippen molar-refractivity contribution >= 4 is 29.2 Å². The zero-order valence-corrected chi connectivity index (χ0v) is 11.2. The fourth-order valence-electron chi connectivity index (χ4n) is 1.87. The first-order valence-corrected chi connectivity index (χ1v) is 6.17. The first-order chi connectivity index (χ1) is 8.98. The smallest absolute Gasteiger partial charge is 0.157 e. The van der Waals surface area contributed by atoms with E-state index in [1.807, 2.05) is 0 Å². The molecule has 3 nitrogen and oxygen atoms in total. The maximum atomic E-state index is 11.4. The summed E-state index contributed by atoms with van der Waals surface area (Å²) < 4.78 is 0. The van der Waals surface area contributed by atoms with Crippen molar-refractivity contribution in [2.45, 2.75) is 5.60 Å². The number of hydrogen-bond donors (Lipinski definition) is 1. The molecule has 0 aromatic heterocycles. The van der Waals surface area contributed by atoms with E-state index in [-0.39, 0.29) is 21.2 Å². The highest BCUT2D eigenvalue weighted by Gasteiger charge is 2.36. The summed E-state index contributed by atoms with van der Waals surface area (Å²) in [5.74, 6) is -1.69. The molecule has 0 fully saturated rings. The minimum atomic E-state index is -2.39. The molecule has 2 rings (SSSR count). The number of aliphatic hydroxyl groups is 1. The quantitative estimate of drug-likeness (QED) is 0.942. The number of aliphatic carboxylic acids is 1. The maximum Gasteiger partial charge on any atom is 0.157 e. The lowest BCUT2D eigenvalue weighted by Gasteiger charge is -2.31. The molecule has 0 aliphatic carbocycles. The standard InChI is InChI=1S/C14H10Cl2O3/c15-11-7-3-1-5-9(11)14(19,13(17)18)10-6-2-4-8-12(10)16/h1-8,19H,(H,17,18)/p-1. The molecule has 0 aliphatic heterocycles. The van der Waals surface area contributed by atoms with Crippen LogP contribution in [-0.4, -0.2) is 11.1 Å². The van der Waals surface area contributed by atoms with E-state index in [0.29, 0.717) is 0 Å². The zero-order valence-electron chi connectivity index (χ0n) is 9.64. The molecule has 0 saturated heterocycles. The molecule has 0 unspecified atom stereocenters. The van der Waals surface area contributed by atoms with Crippen LogP contribution in [0, 0.1) is 0 Å². The number of carboxylic acid groups (broad SMARTS) is 1. The molecule has 0 atom stereocenters. The lowest BCUT2D eigenvalue weighted by Crippen LogP contribution is -2.47. The van der Waals surface area contributed by atoms with Crippen molar-refractivity contribution in [3.63, 3.8) is 0 Å². The van der Waals surface area contributed by atoms with Crippen molar-refractivity contribution in [2.24, 2.45) is 0 Å². The monoisotopic (exact) mass is 295 g/mol. The Morgan fingerprint density at radius 3 is 1.63 bits per heavy atom. The summed E-state index contributed by atoms with van der Waals surface area (Å²) in [4.78, 5) is 11.4. The first-order valence-electron chi connectivity index (χ1n) is 5.41. The van der Waals surface area contributed by atoms with E-state index in [2.05, 4.69) is 0 Å². The average molecular weight is 296 g/mol. The molecule has 2 aromatic carbocycles. The molecule has 5 heteroatoms. The summed E-state index contributed by atoms with van der Waals surface area (Å²) >= 11 is 11.9. The summed E-state index contributed by atoms with van der Waals surface area (Å²) in [6, 6.07) is 12.2. The normalized spacial score (nSPS) is 11.3. The van der Waals surface area contributed by atoms with E-state index in [1.54, 1.807) is 24.3 Å². The predicted molar refractivity (Wildman–Crippen MR) is 70.9 cm³/mol. The van der Waals surface area contributed by atoms with Crippen molar-refractivity contribution in [3.05, 3.63) is 69.7 Å². The topological polar surface area (TPSA) is 60.4 Å². The fraction of sp³-hybridized carbons (Fsp3) is 0.0714. The number of carbonyl (C=O) groups is 1. The van der Waals surface area contributed by atoms with Crippen LogP contribution in [0.2, 0.25) is 10.0 Å². The molecular weight excluding hydrogens is 287 g/mol. The summed E-state index contributed by atoms with van der Waals surface area (Å²) in [7, 11) is 0. The van der Waals surface area contributed by atoms with Gasteiger partial charge in [0.05, 0.1) is 5.97 Å². The molecular formula is C14H9Cl2O3-. The molecule has 1 N–H and O–H groups in total. The molecule has 0 aliphatic rings. The molecule has 0 spiro atoms. The van der Waals surface area contributed by atoms with Gasteiger partial charge in [0, 0.05) is 21.2 Å². The van der Waals surface area contributed by atoms with Gasteiger partial charge >= 0.3 is 0 Å². The summed E-state index contributed by atoms with van der Waals surface area (Å²) in [5, 5.41) is 22.2. The number of carboxylic acids is 1. The number of halogens is 2. The van der Waals surface area contributed by atoms with E-state index in [1.165, 1.54) is 24.3 Å². The van der Waals surface area contributed by atoms with Crippen LogP contribution in [0.25, 0.3) is 0 Å². The van der Waals surface area contributed by atoms with Gasteiger partial charge in [0.1, 0.15) is 0 Å². The Labute approximate surface area is 120 Å². The highest BCUT2D eigenvalue weighted by Crippen LogP contribution is 2.37. The van der Waals surface area contributed by atoms with Gasteiger partial charge in [-0.3, -0.25) is 0 Å². The minimum absolute atomic E-state index is 0.0183. The molecule has 0 radical (unpaired) electrons. The Kier molecular flexibility index (Phi) is 3.80. The van der Waals surface area contributed by atoms with Crippen LogP contribution in [-0.2, 0) is 10.4 Å². The Hall–Kier alpha value is -1.55. The third kappa shape index (κ3) is 2.32. The van der Waals surface area contributed by atoms with Gasteiger partial charge in [-0.15, -0.1) is 0 Å². The van der Waals surface area contributed by atoms with Gasteiger partial charge in [-0.05, 0) is 12.1 Å². The summed E-state index contributed by atoms with van der Waals surface area (Å²) in [6.07, 6.45) is 0. The third-order valence-electron chi connectivity index (χ3n) is 2.82. The third-order valence-corrected chi connectivity index (χ3v) is 3.48. The Bertz CT molecular complexity index is 580. The zero-order chi connectivity index (χ0) is 14.0. The van der Waals surface area contributed by atoms with Crippen molar-refractivity contribution in [2.75, 3.05) is 0 Å². The number of hydrogen-bond acceptors (Lipinski definition) is 3. The Morgan fingerprint density at radius 2 is 1.32 bits per heavy atom. The van der Waals surface area contributed by atoms with Crippen LogP contribution in [0.4, 0.5) is 0 Å². The Balaban J connectivity index is 2.73. The Morgan fingerprint density at radius 1 is 0.947 bits per heavy atom. The van der Waals surface area contributed by atoms with Crippen molar-refractivity contribution in [1.82, 2.24) is 0 Å². The lowest BCUT2D eigenvalue weighted by molar-refractivity contribution is -0.322. The van der Waals surface area contributed by atoms with E-state index in [9.17, 15) is 15.0 Å². The lowest BCUT2D eigenvalue weighted by atomic mass is 9.86. The highest BCUT2D eigenvalue weighted by atomic mass is 35.5. The van der Waals surface area contributed by atoms with Crippen LogP contribution in [0.5, 0.6) is 0 Å². The second kappa shape index (κ2) is 5.21. The number of benzene rings is 2. The molecule has 0 heterocycles. The molecule has 19 heavy (non-hydrogen) atoms. The number of carbonyl (C=O) groups excluding carboxylic acids is 1. The minimum Gasteiger partial charge on any atom is -0.546 e. The van der Waals surface area contributed by atoms with Crippen LogP contribution >= 0.6 is 23.2 Å². The van der Waals surface area contributed by atoms with Crippen molar-refractivity contribution in [3.8, 4) is 0 Å². The van der Waals surface area contributed by atoms with Crippen LogP contribution in [0.15, 0.2) is 48.5 Å². The van der Waals surface area contributed by atoms with Gasteiger partial charge in [-0.1, -0.05) is 59.6 Å². The second-order valence-electron chi connectivity index (χ2n) is 3.96. The highest BCUT2D eigenvalue weighted by molar-refractivity contribution is 6.33. The summed E-state index contributed by atoms with van der Waals surface area (Å²) in [6.45, 7) is 0. The van der Waals surface area contributed by atoms with E-state index >= 15 is 0 Å². The van der Waals surface area contributed by atoms with Gasteiger partial charge in [0.25, 0.3) is 0 Å². The maximum absolute atomic E-state index is 11.4. The fourth-order valence-corrected chi connectivity index (χ4v) is 2.42. The second-order valence-corrected chi connectivity index (χ2v) is 4.77. The predicted octanol–water partition coefficient (Wildman–Crippen LogP) is 1.98.